The topological polar surface area (TPSA) is 73.6 Å². The van der Waals surface area contributed by atoms with Gasteiger partial charge >= 0.3 is 0 Å². The lowest BCUT2D eigenvalue weighted by atomic mass is 9.92. The summed E-state index contributed by atoms with van der Waals surface area (Å²) < 4.78 is 10.5. The monoisotopic (exact) mass is 350 g/mol. The van der Waals surface area contributed by atoms with Crippen LogP contribution < -0.4 is 15.8 Å². The number of methoxy groups -OCH3 is 1. The molecule has 0 radical (unpaired) electrons. The van der Waals surface area contributed by atoms with E-state index in [9.17, 15) is 4.79 Å². The van der Waals surface area contributed by atoms with Crippen LogP contribution >= 0.6 is 12.4 Å². The van der Waals surface area contributed by atoms with Gasteiger partial charge in [0.1, 0.15) is 17.9 Å². The largest absolute Gasteiger partial charge is 0.491 e. The number of carbonyl (C=O) groups excluding carboxylic acids is 1. The van der Waals surface area contributed by atoms with Gasteiger partial charge in [-0.2, -0.15) is 0 Å². The molecule has 2 rings (SSSR count). The van der Waals surface area contributed by atoms with Gasteiger partial charge in [0.05, 0.1) is 6.61 Å². The van der Waals surface area contributed by atoms with Gasteiger partial charge in [-0.1, -0.05) is 36.4 Å². The lowest BCUT2D eigenvalue weighted by Gasteiger charge is -2.24. The molecule has 1 unspecified atom stereocenters. The highest BCUT2D eigenvalue weighted by atomic mass is 35.5. The molecular weight excluding hydrogens is 328 g/mol. The third kappa shape index (κ3) is 5.23. The third-order valence-electron chi connectivity index (χ3n) is 3.49. The van der Waals surface area contributed by atoms with Gasteiger partial charge in [-0.05, 0) is 24.6 Å². The lowest BCUT2D eigenvalue weighted by Crippen LogP contribution is -2.45. The summed E-state index contributed by atoms with van der Waals surface area (Å²) in [5.74, 6) is 0.385. The Hall–Kier alpha value is -2.08. The van der Waals surface area contributed by atoms with Crippen molar-refractivity contribution in [3.63, 3.8) is 0 Å². The number of anilines is 1. The molecule has 0 aliphatic heterocycles. The van der Waals surface area contributed by atoms with Crippen LogP contribution in [0.15, 0.2) is 54.6 Å². The molecule has 3 N–H and O–H groups in total. The molecule has 0 fully saturated rings. The minimum atomic E-state index is -1.12. The Labute approximate surface area is 148 Å². The number of hydrogen-bond donors (Lipinski definition) is 2. The molecule has 0 spiro atoms. The molecule has 1 amide bonds. The van der Waals surface area contributed by atoms with Crippen molar-refractivity contribution in [3.05, 3.63) is 60.2 Å². The molecular formula is C18H23ClN2O3. The van der Waals surface area contributed by atoms with Gasteiger partial charge < -0.3 is 20.5 Å². The fourth-order valence-corrected chi connectivity index (χ4v) is 2.08. The maximum Gasteiger partial charge on any atom is 0.248 e. The third-order valence-corrected chi connectivity index (χ3v) is 3.49. The average molecular weight is 351 g/mol. The van der Waals surface area contributed by atoms with Crippen molar-refractivity contribution in [1.82, 2.24) is 0 Å². The van der Waals surface area contributed by atoms with Crippen LogP contribution in [-0.2, 0) is 15.1 Å². The highest BCUT2D eigenvalue weighted by molar-refractivity contribution is 5.98. The first kappa shape index (κ1) is 20.0. The van der Waals surface area contributed by atoms with Gasteiger partial charge in [0.25, 0.3) is 0 Å². The van der Waals surface area contributed by atoms with Crippen LogP contribution in [0, 0.1) is 0 Å². The molecule has 0 aromatic heterocycles. The predicted molar refractivity (Wildman–Crippen MR) is 97.7 cm³/mol. The maximum atomic E-state index is 12.5. The quantitative estimate of drug-likeness (QED) is 0.753. The predicted octanol–water partition coefficient (Wildman–Crippen LogP) is 2.95. The van der Waals surface area contributed by atoms with E-state index in [-0.39, 0.29) is 18.3 Å². The summed E-state index contributed by atoms with van der Waals surface area (Å²) in [6.45, 7) is 2.65. The van der Waals surface area contributed by atoms with Crippen molar-refractivity contribution in [2.24, 2.45) is 5.73 Å². The molecule has 1 atom stereocenters. The second-order valence-corrected chi connectivity index (χ2v) is 5.39. The first-order valence-electron chi connectivity index (χ1n) is 7.41. The molecule has 0 aliphatic rings. The Morgan fingerprint density at radius 2 is 1.83 bits per heavy atom. The highest BCUT2D eigenvalue weighted by Crippen LogP contribution is 2.22. The number of nitrogens with one attached hydrogen (secondary N) is 1. The summed E-state index contributed by atoms with van der Waals surface area (Å²) in [5.41, 5.74) is 6.48. The van der Waals surface area contributed by atoms with Crippen LogP contribution in [0.2, 0.25) is 0 Å². The van der Waals surface area contributed by atoms with Gasteiger partial charge in [-0.25, -0.2) is 0 Å². The van der Waals surface area contributed by atoms with E-state index in [1.165, 1.54) is 0 Å². The Morgan fingerprint density at radius 1 is 1.12 bits per heavy atom. The Morgan fingerprint density at radius 3 is 2.50 bits per heavy atom. The van der Waals surface area contributed by atoms with Gasteiger partial charge in [-0.3, -0.25) is 4.79 Å². The zero-order valence-electron chi connectivity index (χ0n) is 13.8. The van der Waals surface area contributed by atoms with Crippen LogP contribution in [0.5, 0.6) is 5.75 Å². The van der Waals surface area contributed by atoms with E-state index in [0.717, 1.165) is 5.56 Å². The number of nitrogens with two attached hydrogens (primary N) is 1. The molecule has 0 aliphatic carbocycles. The second-order valence-electron chi connectivity index (χ2n) is 5.39. The van der Waals surface area contributed by atoms with Crippen LogP contribution in [0.3, 0.4) is 0 Å². The normalized spacial score (nSPS) is 12.6. The second kappa shape index (κ2) is 9.27. The average Bonchev–Trinajstić information content (AvgIpc) is 2.56. The Kier molecular flexibility index (Phi) is 7.71. The number of amides is 1. The van der Waals surface area contributed by atoms with Crippen LogP contribution in [0.4, 0.5) is 5.69 Å². The zero-order chi connectivity index (χ0) is 16.7. The summed E-state index contributed by atoms with van der Waals surface area (Å²) in [7, 11) is 1.62. The van der Waals surface area contributed by atoms with E-state index in [1.54, 1.807) is 26.2 Å². The molecule has 6 heteroatoms. The molecule has 2 aromatic carbocycles. The minimum Gasteiger partial charge on any atom is -0.491 e. The number of hydrogen-bond acceptors (Lipinski definition) is 4. The molecule has 2 aromatic rings. The zero-order valence-corrected chi connectivity index (χ0v) is 14.6. The molecule has 130 valence electrons. The van der Waals surface area contributed by atoms with E-state index in [2.05, 4.69) is 5.32 Å². The summed E-state index contributed by atoms with van der Waals surface area (Å²) in [6, 6.07) is 16.5. The summed E-state index contributed by atoms with van der Waals surface area (Å²) in [5, 5.41) is 2.84. The van der Waals surface area contributed by atoms with E-state index in [1.807, 2.05) is 42.5 Å². The molecule has 0 heterocycles. The van der Waals surface area contributed by atoms with Gasteiger partial charge in [-0.15, -0.1) is 12.4 Å². The summed E-state index contributed by atoms with van der Waals surface area (Å²) >= 11 is 0. The fraction of sp³-hybridized carbons (Fsp3) is 0.278. The molecule has 0 saturated carbocycles. The fourth-order valence-electron chi connectivity index (χ4n) is 2.08. The standard InChI is InChI=1S/C18H22N2O3.ClH/c1-18(19,14-7-4-3-5-8-14)17(21)20-15-9-6-10-16(13-15)23-12-11-22-2;/h3-10,13H,11-12,19H2,1-2H3,(H,20,21);1H. The van der Waals surface area contributed by atoms with Crippen LogP contribution in [0.25, 0.3) is 0 Å². The van der Waals surface area contributed by atoms with Gasteiger partial charge in [0.2, 0.25) is 5.91 Å². The molecule has 5 nitrogen and oxygen atoms in total. The number of benzene rings is 2. The van der Waals surface area contributed by atoms with Crippen LogP contribution in [0.1, 0.15) is 12.5 Å². The van der Waals surface area contributed by atoms with Crippen molar-refractivity contribution in [2.45, 2.75) is 12.5 Å². The SMILES string of the molecule is COCCOc1cccc(NC(=O)C(C)(N)c2ccccc2)c1.Cl. The number of halogens is 1. The Bertz CT molecular complexity index is 648. The van der Waals surface area contributed by atoms with E-state index in [0.29, 0.717) is 24.7 Å². The lowest BCUT2D eigenvalue weighted by molar-refractivity contribution is -0.120. The van der Waals surface area contributed by atoms with Crippen molar-refractivity contribution in [2.75, 3.05) is 25.6 Å². The number of carbonyl (C=O) groups is 1. The highest BCUT2D eigenvalue weighted by Gasteiger charge is 2.30. The number of ether oxygens (including phenoxy) is 2. The van der Waals surface area contributed by atoms with Crippen LogP contribution in [-0.4, -0.2) is 26.2 Å². The smallest absolute Gasteiger partial charge is 0.248 e. The number of rotatable bonds is 7. The molecule has 0 bridgehead atoms. The van der Waals surface area contributed by atoms with Gasteiger partial charge in [0, 0.05) is 18.9 Å². The first-order valence-corrected chi connectivity index (χ1v) is 7.41. The van der Waals surface area contributed by atoms with Crippen molar-refractivity contribution < 1.29 is 14.3 Å². The van der Waals surface area contributed by atoms with Crippen molar-refractivity contribution in [3.8, 4) is 5.75 Å². The van der Waals surface area contributed by atoms with Crippen molar-refractivity contribution in [1.29, 1.82) is 0 Å². The minimum absolute atomic E-state index is 0. The summed E-state index contributed by atoms with van der Waals surface area (Å²) in [6.07, 6.45) is 0. The maximum absolute atomic E-state index is 12.5. The Balaban J connectivity index is 0.00000288. The molecule has 0 saturated heterocycles. The van der Waals surface area contributed by atoms with E-state index < -0.39 is 5.54 Å². The van der Waals surface area contributed by atoms with Crippen molar-refractivity contribution >= 4 is 24.0 Å². The van der Waals surface area contributed by atoms with Gasteiger partial charge in [0.15, 0.2) is 0 Å². The summed E-state index contributed by atoms with van der Waals surface area (Å²) in [4.78, 5) is 12.5. The van der Waals surface area contributed by atoms with E-state index >= 15 is 0 Å². The first-order chi connectivity index (χ1) is 11.0. The van der Waals surface area contributed by atoms with E-state index in [4.69, 9.17) is 15.2 Å². The molecule has 24 heavy (non-hydrogen) atoms.